The SMILES string of the molecule is COc1ccc(/C=C2/SC(=O)N(CCNC(=O)Cc3c[nH]c4ccccc34)C2=O)cc1OC. The van der Waals surface area contributed by atoms with Crippen molar-refractivity contribution in [2.75, 3.05) is 27.3 Å². The number of methoxy groups -OCH3 is 2. The lowest BCUT2D eigenvalue weighted by Gasteiger charge is -2.13. The molecule has 2 N–H and O–H groups in total. The molecule has 3 aromatic rings. The number of aromatic amines is 1. The van der Waals surface area contributed by atoms with Crippen molar-refractivity contribution < 1.29 is 23.9 Å². The molecular formula is C24H23N3O5S. The number of hydrogen-bond donors (Lipinski definition) is 2. The van der Waals surface area contributed by atoms with Crippen molar-refractivity contribution >= 4 is 45.8 Å². The summed E-state index contributed by atoms with van der Waals surface area (Å²) in [4.78, 5) is 42.0. The van der Waals surface area contributed by atoms with Crippen molar-refractivity contribution in [3.8, 4) is 11.5 Å². The predicted molar refractivity (Wildman–Crippen MR) is 127 cm³/mol. The second-order valence-corrected chi connectivity index (χ2v) is 8.33. The minimum Gasteiger partial charge on any atom is -0.493 e. The van der Waals surface area contributed by atoms with Crippen molar-refractivity contribution in [1.82, 2.24) is 15.2 Å². The van der Waals surface area contributed by atoms with Crippen LogP contribution >= 0.6 is 11.8 Å². The largest absolute Gasteiger partial charge is 0.493 e. The molecule has 0 saturated carbocycles. The fourth-order valence-electron chi connectivity index (χ4n) is 3.61. The number of fused-ring (bicyclic) bond motifs is 1. The highest BCUT2D eigenvalue weighted by Crippen LogP contribution is 2.34. The number of H-pyrrole nitrogens is 1. The van der Waals surface area contributed by atoms with Crippen molar-refractivity contribution in [3.05, 3.63) is 64.7 Å². The Kier molecular flexibility index (Phi) is 6.69. The zero-order valence-electron chi connectivity index (χ0n) is 18.2. The van der Waals surface area contributed by atoms with Crippen LogP contribution in [0.5, 0.6) is 11.5 Å². The van der Waals surface area contributed by atoms with Crippen LogP contribution in [0.3, 0.4) is 0 Å². The van der Waals surface area contributed by atoms with Gasteiger partial charge in [-0.15, -0.1) is 0 Å². The van der Waals surface area contributed by atoms with Gasteiger partial charge < -0.3 is 19.8 Å². The van der Waals surface area contributed by atoms with Crippen LogP contribution in [0.15, 0.2) is 53.6 Å². The molecule has 2 heterocycles. The summed E-state index contributed by atoms with van der Waals surface area (Å²) in [7, 11) is 3.07. The molecule has 0 spiro atoms. The first-order chi connectivity index (χ1) is 16.0. The number of nitrogens with one attached hydrogen (secondary N) is 2. The van der Waals surface area contributed by atoms with Gasteiger partial charge in [0.05, 0.1) is 25.5 Å². The van der Waals surface area contributed by atoms with Gasteiger partial charge in [-0.25, -0.2) is 0 Å². The Hall–Kier alpha value is -3.72. The lowest BCUT2D eigenvalue weighted by Crippen LogP contribution is -2.37. The molecule has 0 atom stereocenters. The van der Waals surface area contributed by atoms with Crippen LogP contribution in [-0.2, 0) is 16.0 Å². The monoisotopic (exact) mass is 465 g/mol. The minimum absolute atomic E-state index is 0.105. The molecule has 0 unspecified atom stereocenters. The van der Waals surface area contributed by atoms with Gasteiger partial charge >= 0.3 is 0 Å². The molecule has 2 aromatic carbocycles. The Labute approximate surface area is 194 Å². The average molecular weight is 466 g/mol. The maximum Gasteiger partial charge on any atom is 0.293 e. The highest BCUT2D eigenvalue weighted by Gasteiger charge is 2.34. The van der Waals surface area contributed by atoms with Gasteiger partial charge in [-0.2, -0.15) is 0 Å². The van der Waals surface area contributed by atoms with Gasteiger partial charge in [-0.3, -0.25) is 19.3 Å². The van der Waals surface area contributed by atoms with E-state index in [-0.39, 0.29) is 36.6 Å². The second-order valence-electron chi connectivity index (χ2n) is 7.33. The minimum atomic E-state index is -0.384. The number of benzene rings is 2. The molecular weight excluding hydrogens is 442 g/mol. The number of aromatic nitrogens is 1. The van der Waals surface area contributed by atoms with E-state index >= 15 is 0 Å². The number of carbonyl (C=O) groups is 3. The Morgan fingerprint density at radius 3 is 2.70 bits per heavy atom. The summed E-state index contributed by atoms with van der Waals surface area (Å²) in [5, 5.41) is 3.42. The van der Waals surface area contributed by atoms with E-state index < -0.39 is 0 Å². The fraction of sp³-hybridized carbons (Fsp3) is 0.208. The number of rotatable bonds is 8. The molecule has 33 heavy (non-hydrogen) atoms. The van der Waals surface area contributed by atoms with E-state index in [9.17, 15) is 14.4 Å². The van der Waals surface area contributed by atoms with Crippen LogP contribution in [0.2, 0.25) is 0 Å². The summed E-state index contributed by atoms with van der Waals surface area (Å²) in [5.74, 6) is 0.549. The number of para-hydroxylation sites is 1. The highest BCUT2D eigenvalue weighted by molar-refractivity contribution is 8.18. The molecule has 1 saturated heterocycles. The van der Waals surface area contributed by atoms with Gasteiger partial charge in [-0.05, 0) is 47.2 Å². The summed E-state index contributed by atoms with van der Waals surface area (Å²) in [6.07, 6.45) is 3.67. The first-order valence-electron chi connectivity index (χ1n) is 10.3. The molecule has 0 radical (unpaired) electrons. The van der Waals surface area contributed by atoms with E-state index in [1.165, 1.54) is 7.11 Å². The van der Waals surface area contributed by atoms with Gasteiger partial charge in [0.25, 0.3) is 11.1 Å². The lowest BCUT2D eigenvalue weighted by molar-refractivity contribution is -0.124. The van der Waals surface area contributed by atoms with Gasteiger partial charge in [0.15, 0.2) is 11.5 Å². The lowest BCUT2D eigenvalue weighted by atomic mass is 10.1. The molecule has 0 bridgehead atoms. The Morgan fingerprint density at radius 2 is 1.91 bits per heavy atom. The summed E-state index contributed by atoms with van der Waals surface area (Å²) < 4.78 is 10.5. The Bertz CT molecular complexity index is 1250. The molecule has 1 fully saturated rings. The van der Waals surface area contributed by atoms with E-state index in [1.54, 1.807) is 31.4 Å². The number of thioether (sulfide) groups is 1. The fourth-order valence-corrected chi connectivity index (χ4v) is 4.47. The normalized spacial score (nSPS) is 14.8. The molecule has 1 aliphatic rings. The third kappa shape index (κ3) is 4.88. The molecule has 3 amide bonds. The van der Waals surface area contributed by atoms with Gasteiger partial charge in [0.2, 0.25) is 5.91 Å². The number of ether oxygens (including phenoxy) is 2. The standard InChI is InChI=1S/C24H23N3O5S/c1-31-19-8-7-15(11-20(19)32-2)12-21-23(29)27(24(30)33-21)10-9-25-22(28)13-16-14-26-18-6-4-3-5-17(16)18/h3-8,11-12,14,26H,9-10,13H2,1-2H3,(H,25,28)/b21-12+. The van der Waals surface area contributed by atoms with Gasteiger partial charge in [0, 0.05) is 30.2 Å². The molecule has 9 heteroatoms. The number of carbonyl (C=O) groups excluding carboxylic acids is 3. The zero-order chi connectivity index (χ0) is 23.4. The summed E-state index contributed by atoms with van der Waals surface area (Å²) in [6.45, 7) is 0.288. The van der Waals surface area contributed by atoms with Gasteiger partial charge in [-0.1, -0.05) is 24.3 Å². The van der Waals surface area contributed by atoms with Crippen molar-refractivity contribution in [1.29, 1.82) is 0 Å². The second kappa shape index (κ2) is 9.83. The van der Waals surface area contributed by atoms with Crippen LogP contribution in [0.25, 0.3) is 17.0 Å². The quantitative estimate of drug-likeness (QED) is 0.493. The van der Waals surface area contributed by atoms with Crippen LogP contribution in [-0.4, -0.2) is 54.2 Å². The average Bonchev–Trinajstić information content (AvgIpc) is 3.34. The van der Waals surface area contributed by atoms with E-state index in [4.69, 9.17) is 9.47 Å². The van der Waals surface area contributed by atoms with Crippen molar-refractivity contribution in [2.45, 2.75) is 6.42 Å². The number of hydrogen-bond acceptors (Lipinski definition) is 6. The smallest absolute Gasteiger partial charge is 0.293 e. The zero-order valence-corrected chi connectivity index (χ0v) is 19.0. The Morgan fingerprint density at radius 1 is 1.12 bits per heavy atom. The molecule has 8 nitrogen and oxygen atoms in total. The number of nitrogens with zero attached hydrogens (tertiary/aromatic N) is 1. The Balaban J connectivity index is 1.34. The summed E-state index contributed by atoms with van der Waals surface area (Å²) in [5.41, 5.74) is 2.58. The number of amides is 3. The summed E-state index contributed by atoms with van der Waals surface area (Å²) >= 11 is 0.874. The van der Waals surface area contributed by atoms with Crippen LogP contribution in [0.1, 0.15) is 11.1 Å². The van der Waals surface area contributed by atoms with Gasteiger partial charge in [0.1, 0.15) is 0 Å². The van der Waals surface area contributed by atoms with Crippen LogP contribution in [0.4, 0.5) is 4.79 Å². The van der Waals surface area contributed by atoms with E-state index in [1.807, 2.05) is 30.5 Å². The maximum absolute atomic E-state index is 12.7. The first kappa shape index (κ1) is 22.5. The summed E-state index contributed by atoms with van der Waals surface area (Å²) in [6, 6.07) is 13.0. The molecule has 4 rings (SSSR count). The molecule has 170 valence electrons. The van der Waals surface area contributed by atoms with Crippen molar-refractivity contribution in [3.63, 3.8) is 0 Å². The maximum atomic E-state index is 12.7. The van der Waals surface area contributed by atoms with Crippen molar-refractivity contribution in [2.24, 2.45) is 0 Å². The number of imide groups is 1. The topological polar surface area (TPSA) is 101 Å². The third-order valence-corrected chi connectivity index (χ3v) is 6.17. The van der Waals surface area contributed by atoms with Crippen LogP contribution < -0.4 is 14.8 Å². The molecule has 1 aromatic heterocycles. The first-order valence-corrected chi connectivity index (χ1v) is 11.1. The predicted octanol–water partition coefficient (Wildman–Crippen LogP) is 3.58. The molecule has 0 aliphatic carbocycles. The highest BCUT2D eigenvalue weighted by atomic mass is 32.2. The molecule has 1 aliphatic heterocycles. The van der Waals surface area contributed by atoms with Crippen LogP contribution in [0, 0.1) is 0 Å². The van der Waals surface area contributed by atoms with E-state index in [0.717, 1.165) is 33.1 Å². The van der Waals surface area contributed by atoms with E-state index in [0.29, 0.717) is 22.0 Å². The third-order valence-electron chi connectivity index (χ3n) is 5.26. The van der Waals surface area contributed by atoms with E-state index in [2.05, 4.69) is 10.3 Å².